The Morgan fingerprint density at radius 2 is 1.73 bits per heavy atom. The van der Waals surface area contributed by atoms with Crippen LogP contribution in [0.1, 0.15) is 18.1 Å². The minimum absolute atomic E-state index is 0.251. The van der Waals surface area contributed by atoms with E-state index in [-0.39, 0.29) is 6.04 Å². The Morgan fingerprint density at radius 3 is 2.32 bits per heavy atom. The lowest BCUT2D eigenvalue weighted by molar-refractivity contribution is 0.272. The molecule has 22 heavy (non-hydrogen) atoms. The zero-order valence-corrected chi connectivity index (χ0v) is 14.2. The summed E-state index contributed by atoms with van der Waals surface area (Å²) in [7, 11) is -0.916. The smallest absolute Gasteiger partial charge is 0.119 e. The van der Waals surface area contributed by atoms with Crippen LogP contribution in [0.3, 0.4) is 0 Å². The molecule has 4 heteroatoms. The number of hydrogen-bond acceptors (Lipinski definition) is 3. The van der Waals surface area contributed by atoms with Crippen LogP contribution in [0.5, 0.6) is 5.75 Å². The number of benzene rings is 2. The van der Waals surface area contributed by atoms with Crippen molar-refractivity contribution in [1.29, 1.82) is 0 Å². The van der Waals surface area contributed by atoms with E-state index in [9.17, 15) is 4.21 Å². The summed E-state index contributed by atoms with van der Waals surface area (Å²) in [6, 6.07) is 16.2. The molecule has 0 heterocycles. The molecule has 0 radical (unpaired) electrons. The second-order valence-corrected chi connectivity index (χ2v) is 6.88. The van der Waals surface area contributed by atoms with E-state index in [4.69, 9.17) is 4.74 Å². The SMILES string of the molecule is Cc1ccc(OC[C@@H](C)NCc2ccc([S@](C)=O)cc2)cc1. The highest BCUT2D eigenvalue weighted by molar-refractivity contribution is 7.84. The van der Waals surface area contributed by atoms with Crippen LogP contribution in [0, 0.1) is 6.92 Å². The van der Waals surface area contributed by atoms with Gasteiger partial charge >= 0.3 is 0 Å². The molecule has 0 aliphatic carbocycles. The minimum Gasteiger partial charge on any atom is -0.492 e. The Kier molecular flexibility index (Phi) is 6.16. The van der Waals surface area contributed by atoms with Gasteiger partial charge < -0.3 is 10.1 Å². The summed E-state index contributed by atoms with van der Waals surface area (Å²) in [5.74, 6) is 0.897. The van der Waals surface area contributed by atoms with Crippen LogP contribution in [-0.4, -0.2) is 23.1 Å². The summed E-state index contributed by atoms with van der Waals surface area (Å²) in [6.07, 6.45) is 1.69. The average molecular weight is 317 g/mol. The van der Waals surface area contributed by atoms with Crippen LogP contribution in [0.2, 0.25) is 0 Å². The first kappa shape index (κ1) is 16.7. The highest BCUT2D eigenvalue weighted by atomic mass is 32.2. The fraction of sp³-hybridized carbons (Fsp3) is 0.333. The predicted molar refractivity (Wildman–Crippen MR) is 91.8 cm³/mol. The Morgan fingerprint density at radius 1 is 1.09 bits per heavy atom. The molecule has 2 aromatic rings. The van der Waals surface area contributed by atoms with Gasteiger partial charge in [0.1, 0.15) is 12.4 Å². The molecule has 2 atom stereocenters. The van der Waals surface area contributed by atoms with Crippen molar-refractivity contribution in [2.75, 3.05) is 12.9 Å². The number of nitrogens with one attached hydrogen (secondary N) is 1. The molecule has 0 aliphatic rings. The van der Waals surface area contributed by atoms with E-state index < -0.39 is 10.8 Å². The summed E-state index contributed by atoms with van der Waals surface area (Å²) in [6.45, 7) is 5.56. The van der Waals surface area contributed by atoms with Crippen LogP contribution in [0.25, 0.3) is 0 Å². The van der Waals surface area contributed by atoms with Crippen molar-refractivity contribution >= 4 is 10.8 Å². The van der Waals surface area contributed by atoms with Crippen LogP contribution in [0.15, 0.2) is 53.4 Å². The Hall–Kier alpha value is -1.65. The molecule has 1 N–H and O–H groups in total. The maximum absolute atomic E-state index is 11.3. The molecule has 0 amide bonds. The lowest BCUT2D eigenvalue weighted by Gasteiger charge is -2.15. The Balaban J connectivity index is 1.76. The van der Waals surface area contributed by atoms with Crippen LogP contribution in [-0.2, 0) is 17.3 Å². The highest BCUT2D eigenvalue weighted by Crippen LogP contribution is 2.12. The normalized spacial score (nSPS) is 13.6. The first-order valence-electron chi connectivity index (χ1n) is 7.40. The molecular weight excluding hydrogens is 294 g/mol. The third kappa shape index (κ3) is 5.28. The van der Waals surface area contributed by atoms with Gasteiger partial charge in [-0.25, -0.2) is 0 Å². The van der Waals surface area contributed by atoms with Crippen molar-refractivity contribution in [1.82, 2.24) is 5.32 Å². The highest BCUT2D eigenvalue weighted by Gasteiger charge is 2.04. The lowest BCUT2D eigenvalue weighted by atomic mass is 10.2. The van der Waals surface area contributed by atoms with Crippen LogP contribution < -0.4 is 10.1 Å². The van der Waals surface area contributed by atoms with Crippen molar-refractivity contribution in [3.63, 3.8) is 0 Å². The molecule has 2 aromatic carbocycles. The standard InChI is InChI=1S/C18H23NO2S/c1-14-4-8-17(9-5-14)21-13-15(2)19-12-16-6-10-18(11-7-16)22(3)20/h4-11,15,19H,12-13H2,1-3H3/t15-,22+/m1/s1. The first-order chi connectivity index (χ1) is 10.5. The molecule has 118 valence electrons. The molecule has 0 aliphatic heterocycles. The molecule has 0 bridgehead atoms. The lowest BCUT2D eigenvalue weighted by Crippen LogP contribution is -2.31. The van der Waals surface area contributed by atoms with E-state index in [1.165, 1.54) is 11.1 Å². The molecule has 0 unspecified atom stereocenters. The minimum atomic E-state index is -0.916. The topological polar surface area (TPSA) is 38.3 Å². The fourth-order valence-corrected chi connectivity index (χ4v) is 2.53. The van der Waals surface area contributed by atoms with Gasteiger partial charge in [-0.05, 0) is 43.7 Å². The van der Waals surface area contributed by atoms with Crippen molar-refractivity contribution in [2.24, 2.45) is 0 Å². The molecule has 0 aromatic heterocycles. The van der Waals surface area contributed by atoms with E-state index in [0.29, 0.717) is 6.61 Å². The van der Waals surface area contributed by atoms with Crippen molar-refractivity contribution in [3.8, 4) is 5.75 Å². The molecule has 0 spiro atoms. The van der Waals surface area contributed by atoms with Gasteiger partial charge in [0, 0.05) is 34.5 Å². The third-order valence-electron chi connectivity index (χ3n) is 3.43. The van der Waals surface area contributed by atoms with E-state index in [2.05, 4.69) is 19.2 Å². The van der Waals surface area contributed by atoms with Crippen molar-refractivity contribution in [3.05, 3.63) is 59.7 Å². The molecule has 3 nitrogen and oxygen atoms in total. The molecule has 0 saturated carbocycles. The van der Waals surface area contributed by atoms with Gasteiger partial charge in [0.2, 0.25) is 0 Å². The zero-order valence-electron chi connectivity index (χ0n) is 13.3. The monoisotopic (exact) mass is 317 g/mol. The van der Waals surface area contributed by atoms with Gasteiger partial charge in [0.25, 0.3) is 0 Å². The molecular formula is C18H23NO2S. The van der Waals surface area contributed by atoms with E-state index in [1.54, 1.807) is 6.26 Å². The largest absolute Gasteiger partial charge is 0.492 e. The van der Waals surface area contributed by atoms with Gasteiger partial charge in [0.05, 0.1) is 0 Å². The van der Waals surface area contributed by atoms with E-state index in [0.717, 1.165) is 17.2 Å². The first-order valence-corrected chi connectivity index (χ1v) is 8.95. The van der Waals surface area contributed by atoms with Gasteiger partial charge in [-0.2, -0.15) is 0 Å². The van der Waals surface area contributed by atoms with Gasteiger partial charge in [-0.15, -0.1) is 0 Å². The van der Waals surface area contributed by atoms with Crippen molar-refractivity contribution < 1.29 is 8.95 Å². The molecule has 0 saturated heterocycles. The van der Waals surface area contributed by atoms with Gasteiger partial charge in [-0.1, -0.05) is 29.8 Å². The summed E-state index contributed by atoms with van der Waals surface area (Å²) < 4.78 is 17.1. The number of hydrogen-bond donors (Lipinski definition) is 1. The summed E-state index contributed by atoms with van der Waals surface area (Å²) in [5.41, 5.74) is 2.41. The van der Waals surface area contributed by atoms with Crippen LogP contribution in [0.4, 0.5) is 0 Å². The van der Waals surface area contributed by atoms with Crippen LogP contribution >= 0.6 is 0 Å². The maximum Gasteiger partial charge on any atom is 0.119 e. The molecule has 0 fully saturated rings. The maximum atomic E-state index is 11.3. The predicted octanol–water partition coefficient (Wildman–Crippen LogP) is 3.29. The van der Waals surface area contributed by atoms with E-state index >= 15 is 0 Å². The number of ether oxygens (including phenoxy) is 1. The number of aryl methyl sites for hydroxylation is 1. The fourth-order valence-electron chi connectivity index (χ4n) is 2.01. The summed E-state index contributed by atoms with van der Waals surface area (Å²) in [4.78, 5) is 0.861. The van der Waals surface area contributed by atoms with Gasteiger partial charge in [-0.3, -0.25) is 4.21 Å². The number of rotatable bonds is 7. The summed E-state index contributed by atoms with van der Waals surface area (Å²) >= 11 is 0. The van der Waals surface area contributed by atoms with E-state index in [1.807, 2.05) is 48.5 Å². The third-order valence-corrected chi connectivity index (χ3v) is 4.37. The zero-order chi connectivity index (χ0) is 15.9. The second kappa shape index (κ2) is 8.11. The quantitative estimate of drug-likeness (QED) is 0.851. The summed E-state index contributed by atoms with van der Waals surface area (Å²) in [5, 5.41) is 3.43. The second-order valence-electron chi connectivity index (χ2n) is 5.50. The molecule has 2 rings (SSSR count). The Bertz CT molecular complexity index is 608. The van der Waals surface area contributed by atoms with Gasteiger partial charge in [0.15, 0.2) is 0 Å². The van der Waals surface area contributed by atoms with Crippen molar-refractivity contribution in [2.45, 2.75) is 31.3 Å². The Labute approximate surface area is 135 Å². The average Bonchev–Trinajstić information content (AvgIpc) is 2.52.